The number of rotatable bonds is 7. The van der Waals surface area contributed by atoms with Crippen LogP contribution in [0.2, 0.25) is 0 Å². The number of aromatic nitrogens is 1. The van der Waals surface area contributed by atoms with E-state index in [-0.39, 0.29) is 18.4 Å². The van der Waals surface area contributed by atoms with Crippen molar-refractivity contribution in [3.8, 4) is 5.75 Å². The molecule has 3 rings (SSSR count). The van der Waals surface area contributed by atoms with E-state index in [0.717, 1.165) is 5.56 Å². The van der Waals surface area contributed by atoms with Gasteiger partial charge in [0.25, 0.3) is 11.8 Å². The Morgan fingerprint density at radius 3 is 2.38 bits per heavy atom. The van der Waals surface area contributed by atoms with Crippen molar-refractivity contribution < 1.29 is 14.3 Å². The van der Waals surface area contributed by atoms with Gasteiger partial charge in [0.15, 0.2) is 0 Å². The number of methoxy groups -OCH3 is 1. The van der Waals surface area contributed by atoms with Crippen LogP contribution in [0, 0.1) is 0 Å². The van der Waals surface area contributed by atoms with E-state index < -0.39 is 6.04 Å². The molecule has 0 aliphatic rings. The van der Waals surface area contributed by atoms with Crippen molar-refractivity contribution in [1.82, 2.24) is 10.3 Å². The highest BCUT2D eigenvalue weighted by Gasteiger charge is 2.14. The number of para-hydroxylation sites is 1. The van der Waals surface area contributed by atoms with Gasteiger partial charge in [0.1, 0.15) is 5.75 Å². The Morgan fingerprint density at radius 1 is 1.00 bits per heavy atom. The number of nitrogens with two attached hydrogens (primary N) is 1. The average Bonchev–Trinajstić information content (AvgIpc) is 2.78. The van der Waals surface area contributed by atoms with Crippen molar-refractivity contribution in [3.05, 3.63) is 89.7 Å². The first-order valence-electron chi connectivity index (χ1n) is 9.06. The highest BCUT2D eigenvalue weighted by atomic mass is 16.5. The third kappa shape index (κ3) is 5.18. The second-order valence-electron chi connectivity index (χ2n) is 6.33. The zero-order valence-corrected chi connectivity index (χ0v) is 16.0. The van der Waals surface area contributed by atoms with E-state index in [4.69, 9.17) is 10.5 Å². The lowest BCUT2D eigenvalue weighted by atomic mass is 10.0. The van der Waals surface area contributed by atoms with Gasteiger partial charge in [0, 0.05) is 36.2 Å². The van der Waals surface area contributed by atoms with E-state index in [9.17, 15) is 9.59 Å². The van der Waals surface area contributed by atoms with Gasteiger partial charge in [0.2, 0.25) is 0 Å². The second kappa shape index (κ2) is 9.48. The monoisotopic (exact) mass is 390 g/mol. The molecule has 0 aliphatic heterocycles. The first-order valence-corrected chi connectivity index (χ1v) is 9.06. The summed E-state index contributed by atoms with van der Waals surface area (Å²) in [5.74, 6) is 0.0233. The third-order valence-electron chi connectivity index (χ3n) is 4.37. The lowest BCUT2D eigenvalue weighted by Crippen LogP contribution is -2.32. The summed E-state index contributed by atoms with van der Waals surface area (Å²) in [6.07, 6.45) is 3.22. The molecule has 148 valence electrons. The molecular weight excluding hydrogens is 368 g/mol. The van der Waals surface area contributed by atoms with Crippen molar-refractivity contribution in [1.29, 1.82) is 0 Å². The largest absolute Gasteiger partial charge is 0.496 e. The number of ether oxygens (including phenoxy) is 1. The quantitative estimate of drug-likeness (QED) is 0.575. The Kier molecular flexibility index (Phi) is 6.55. The number of amides is 2. The number of anilines is 1. The Bertz CT molecular complexity index is 975. The van der Waals surface area contributed by atoms with Gasteiger partial charge in [-0.2, -0.15) is 0 Å². The maximum absolute atomic E-state index is 12.4. The van der Waals surface area contributed by atoms with Gasteiger partial charge in [0.05, 0.1) is 12.7 Å². The SMILES string of the molecule is COc1ccccc1C(=O)NCC(N)c1ccc(C(=O)Nc2ccncc2)cc1. The second-order valence-corrected chi connectivity index (χ2v) is 6.33. The zero-order valence-electron chi connectivity index (χ0n) is 16.0. The van der Waals surface area contributed by atoms with Gasteiger partial charge >= 0.3 is 0 Å². The standard InChI is InChI=1S/C22H22N4O3/c1-29-20-5-3-2-4-18(20)22(28)25-14-19(23)15-6-8-16(9-7-15)21(27)26-17-10-12-24-13-11-17/h2-13,19H,14,23H2,1H3,(H,25,28)(H,24,26,27). The summed E-state index contributed by atoms with van der Waals surface area (Å²) in [6, 6.07) is 17.0. The molecule has 0 bridgehead atoms. The minimum atomic E-state index is -0.411. The number of benzene rings is 2. The average molecular weight is 390 g/mol. The van der Waals surface area contributed by atoms with Crippen LogP contribution in [-0.4, -0.2) is 30.5 Å². The smallest absolute Gasteiger partial charge is 0.255 e. The van der Waals surface area contributed by atoms with Gasteiger partial charge in [-0.15, -0.1) is 0 Å². The van der Waals surface area contributed by atoms with E-state index >= 15 is 0 Å². The predicted molar refractivity (Wildman–Crippen MR) is 111 cm³/mol. The minimum Gasteiger partial charge on any atom is -0.496 e. The van der Waals surface area contributed by atoms with Crippen LogP contribution in [0.5, 0.6) is 5.75 Å². The number of hydrogen-bond donors (Lipinski definition) is 3. The van der Waals surface area contributed by atoms with E-state index in [0.29, 0.717) is 22.6 Å². The van der Waals surface area contributed by atoms with E-state index in [1.165, 1.54) is 7.11 Å². The summed E-state index contributed by atoms with van der Waals surface area (Å²) in [4.78, 5) is 28.6. The van der Waals surface area contributed by atoms with Crippen LogP contribution in [0.1, 0.15) is 32.3 Å². The van der Waals surface area contributed by atoms with Crippen molar-refractivity contribution in [2.45, 2.75) is 6.04 Å². The van der Waals surface area contributed by atoms with Crippen LogP contribution >= 0.6 is 0 Å². The first-order chi connectivity index (χ1) is 14.1. The Hall–Kier alpha value is -3.71. The van der Waals surface area contributed by atoms with Crippen LogP contribution in [0.4, 0.5) is 5.69 Å². The summed E-state index contributed by atoms with van der Waals surface area (Å²) in [6.45, 7) is 0.249. The van der Waals surface area contributed by atoms with Crippen LogP contribution in [0.15, 0.2) is 73.1 Å². The molecule has 3 aromatic rings. The molecule has 1 unspecified atom stereocenters. The Morgan fingerprint density at radius 2 is 1.69 bits per heavy atom. The summed E-state index contributed by atoms with van der Waals surface area (Å²) >= 11 is 0. The van der Waals surface area contributed by atoms with Gasteiger partial charge in [-0.3, -0.25) is 14.6 Å². The molecule has 7 nitrogen and oxygen atoms in total. The summed E-state index contributed by atoms with van der Waals surface area (Å²) in [7, 11) is 1.52. The number of pyridine rings is 1. The van der Waals surface area contributed by atoms with E-state index in [1.54, 1.807) is 73.1 Å². The number of nitrogens with zero attached hydrogens (tertiary/aromatic N) is 1. The number of carbonyl (C=O) groups is 2. The van der Waals surface area contributed by atoms with E-state index in [1.807, 2.05) is 0 Å². The first kappa shape index (κ1) is 20.0. The maximum atomic E-state index is 12.4. The fourth-order valence-electron chi connectivity index (χ4n) is 2.77. The molecule has 2 aromatic carbocycles. The molecule has 0 fully saturated rings. The molecule has 2 amide bonds. The van der Waals surface area contributed by atoms with Gasteiger partial charge < -0.3 is 21.1 Å². The van der Waals surface area contributed by atoms with Crippen molar-refractivity contribution in [2.75, 3.05) is 19.0 Å². The molecule has 0 spiro atoms. The van der Waals surface area contributed by atoms with Crippen molar-refractivity contribution in [2.24, 2.45) is 5.73 Å². The molecule has 1 heterocycles. The molecule has 1 aromatic heterocycles. The highest BCUT2D eigenvalue weighted by Crippen LogP contribution is 2.18. The Balaban J connectivity index is 1.58. The molecule has 0 radical (unpaired) electrons. The fourth-order valence-corrected chi connectivity index (χ4v) is 2.77. The van der Waals surface area contributed by atoms with E-state index in [2.05, 4.69) is 15.6 Å². The summed E-state index contributed by atoms with van der Waals surface area (Å²) in [5, 5.41) is 5.61. The molecule has 0 saturated carbocycles. The summed E-state index contributed by atoms with van der Waals surface area (Å²) < 4.78 is 5.20. The van der Waals surface area contributed by atoms with Crippen LogP contribution in [0.3, 0.4) is 0 Å². The lowest BCUT2D eigenvalue weighted by molar-refractivity contribution is 0.0947. The number of carbonyl (C=O) groups excluding carboxylic acids is 2. The Labute approximate surface area is 168 Å². The summed E-state index contributed by atoms with van der Waals surface area (Å²) in [5.41, 5.74) is 8.63. The molecule has 1 atom stereocenters. The third-order valence-corrected chi connectivity index (χ3v) is 4.37. The lowest BCUT2D eigenvalue weighted by Gasteiger charge is -2.15. The molecular formula is C22H22N4O3. The van der Waals surface area contributed by atoms with Crippen LogP contribution in [0.25, 0.3) is 0 Å². The van der Waals surface area contributed by atoms with Gasteiger partial charge in [-0.1, -0.05) is 24.3 Å². The number of hydrogen-bond acceptors (Lipinski definition) is 5. The molecule has 7 heteroatoms. The zero-order chi connectivity index (χ0) is 20.6. The van der Waals surface area contributed by atoms with Gasteiger partial charge in [-0.25, -0.2) is 0 Å². The van der Waals surface area contributed by atoms with Crippen molar-refractivity contribution >= 4 is 17.5 Å². The normalized spacial score (nSPS) is 11.4. The van der Waals surface area contributed by atoms with Crippen LogP contribution < -0.4 is 21.1 Å². The number of nitrogens with one attached hydrogen (secondary N) is 2. The van der Waals surface area contributed by atoms with Crippen molar-refractivity contribution in [3.63, 3.8) is 0 Å². The fraction of sp³-hybridized carbons (Fsp3) is 0.136. The van der Waals surface area contributed by atoms with Gasteiger partial charge in [-0.05, 0) is 42.0 Å². The minimum absolute atomic E-state index is 0.221. The highest BCUT2D eigenvalue weighted by molar-refractivity contribution is 6.04. The van der Waals surface area contributed by atoms with Crippen LogP contribution in [-0.2, 0) is 0 Å². The molecule has 0 saturated heterocycles. The predicted octanol–water partition coefficient (Wildman–Crippen LogP) is 2.77. The molecule has 4 N–H and O–H groups in total. The molecule has 29 heavy (non-hydrogen) atoms. The maximum Gasteiger partial charge on any atom is 0.255 e. The topological polar surface area (TPSA) is 106 Å². The molecule has 0 aliphatic carbocycles.